The second-order valence-electron chi connectivity index (χ2n) is 5.01. The summed E-state index contributed by atoms with van der Waals surface area (Å²) in [6, 6.07) is 16.8. The van der Waals surface area contributed by atoms with E-state index in [1.807, 2.05) is 48.3 Å². The van der Waals surface area contributed by atoms with Crippen molar-refractivity contribution in [3.8, 4) is 6.07 Å². The van der Waals surface area contributed by atoms with Crippen molar-refractivity contribution in [1.29, 1.82) is 5.26 Å². The average Bonchev–Trinajstić information content (AvgIpc) is 2.48. The third-order valence-corrected chi connectivity index (χ3v) is 3.39. The molecule has 0 radical (unpaired) electrons. The van der Waals surface area contributed by atoms with Gasteiger partial charge in [0.2, 0.25) is 5.91 Å². The summed E-state index contributed by atoms with van der Waals surface area (Å²) in [4.78, 5) is 13.9. The predicted molar refractivity (Wildman–Crippen MR) is 87.6 cm³/mol. The summed E-state index contributed by atoms with van der Waals surface area (Å²) in [7, 11) is 1.89. The molecule has 2 aromatic carbocycles. The third-order valence-electron chi connectivity index (χ3n) is 3.08. The van der Waals surface area contributed by atoms with Crippen LogP contribution in [0.5, 0.6) is 0 Å². The van der Waals surface area contributed by atoms with E-state index in [1.54, 1.807) is 18.2 Å². The lowest BCUT2D eigenvalue weighted by Gasteiger charge is -2.16. The van der Waals surface area contributed by atoms with Gasteiger partial charge in [-0.3, -0.25) is 9.69 Å². The van der Waals surface area contributed by atoms with E-state index < -0.39 is 0 Å². The number of amides is 1. The second-order valence-corrected chi connectivity index (χ2v) is 5.42. The Labute approximate surface area is 134 Å². The van der Waals surface area contributed by atoms with Crippen LogP contribution in [0.2, 0.25) is 5.02 Å². The molecule has 112 valence electrons. The smallest absolute Gasteiger partial charge is 0.238 e. The number of nitriles is 1. The SMILES string of the molecule is CN(CC(=O)Nc1ccc(C#N)c(Cl)c1)Cc1ccccc1. The van der Waals surface area contributed by atoms with Crippen LogP contribution in [0.3, 0.4) is 0 Å². The molecular weight excluding hydrogens is 298 g/mol. The van der Waals surface area contributed by atoms with Crippen LogP contribution in [-0.2, 0) is 11.3 Å². The lowest BCUT2D eigenvalue weighted by atomic mass is 10.2. The van der Waals surface area contributed by atoms with Crippen LogP contribution < -0.4 is 5.32 Å². The Morgan fingerprint density at radius 1 is 1.27 bits per heavy atom. The van der Waals surface area contributed by atoms with Gasteiger partial charge in [-0.05, 0) is 30.8 Å². The number of benzene rings is 2. The van der Waals surface area contributed by atoms with Crippen molar-refractivity contribution in [2.24, 2.45) is 0 Å². The molecule has 1 N–H and O–H groups in total. The van der Waals surface area contributed by atoms with E-state index in [0.29, 0.717) is 22.8 Å². The zero-order valence-corrected chi connectivity index (χ0v) is 13.0. The number of carbonyl (C=O) groups excluding carboxylic acids is 1. The third kappa shape index (κ3) is 4.59. The van der Waals surface area contributed by atoms with Crippen molar-refractivity contribution < 1.29 is 4.79 Å². The Kier molecular flexibility index (Phi) is 5.54. The number of rotatable bonds is 5. The minimum Gasteiger partial charge on any atom is -0.325 e. The fourth-order valence-electron chi connectivity index (χ4n) is 2.08. The van der Waals surface area contributed by atoms with Gasteiger partial charge in [0.05, 0.1) is 17.1 Å². The van der Waals surface area contributed by atoms with Crippen LogP contribution in [0.25, 0.3) is 0 Å². The van der Waals surface area contributed by atoms with E-state index in [2.05, 4.69) is 5.32 Å². The highest BCUT2D eigenvalue weighted by Crippen LogP contribution is 2.20. The van der Waals surface area contributed by atoms with Crippen molar-refractivity contribution in [3.63, 3.8) is 0 Å². The Bertz CT molecular complexity index is 695. The van der Waals surface area contributed by atoms with Crippen molar-refractivity contribution >= 4 is 23.2 Å². The van der Waals surface area contributed by atoms with Crippen LogP contribution in [0.1, 0.15) is 11.1 Å². The van der Waals surface area contributed by atoms with E-state index in [9.17, 15) is 4.79 Å². The first-order valence-electron chi connectivity index (χ1n) is 6.80. The molecule has 0 spiro atoms. The lowest BCUT2D eigenvalue weighted by Crippen LogP contribution is -2.29. The van der Waals surface area contributed by atoms with Gasteiger partial charge in [-0.1, -0.05) is 41.9 Å². The van der Waals surface area contributed by atoms with E-state index in [4.69, 9.17) is 16.9 Å². The Balaban J connectivity index is 1.90. The van der Waals surface area contributed by atoms with Gasteiger partial charge in [-0.15, -0.1) is 0 Å². The van der Waals surface area contributed by atoms with Gasteiger partial charge >= 0.3 is 0 Å². The zero-order valence-electron chi connectivity index (χ0n) is 12.2. The summed E-state index contributed by atoms with van der Waals surface area (Å²) < 4.78 is 0. The lowest BCUT2D eigenvalue weighted by molar-refractivity contribution is -0.117. The highest BCUT2D eigenvalue weighted by molar-refractivity contribution is 6.32. The molecule has 0 aliphatic rings. The number of hydrogen-bond acceptors (Lipinski definition) is 3. The van der Waals surface area contributed by atoms with Crippen LogP contribution in [0.15, 0.2) is 48.5 Å². The molecule has 0 saturated heterocycles. The fraction of sp³-hybridized carbons (Fsp3) is 0.176. The molecule has 0 unspecified atom stereocenters. The first kappa shape index (κ1) is 16.0. The summed E-state index contributed by atoms with van der Waals surface area (Å²) in [5.41, 5.74) is 2.13. The average molecular weight is 314 g/mol. The molecule has 1 amide bonds. The number of likely N-dealkylation sites (N-methyl/N-ethyl adjacent to an activating group) is 1. The van der Waals surface area contributed by atoms with Gasteiger partial charge in [0.25, 0.3) is 0 Å². The highest BCUT2D eigenvalue weighted by atomic mass is 35.5. The first-order valence-corrected chi connectivity index (χ1v) is 7.18. The molecule has 22 heavy (non-hydrogen) atoms. The second kappa shape index (κ2) is 7.60. The molecule has 2 aromatic rings. The minimum atomic E-state index is -0.126. The van der Waals surface area contributed by atoms with Crippen molar-refractivity contribution in [2.75, 3.05) is 18.9 Å². The van der Waals surface area contributed by atoms with E-state index in [-0.39, 0.29) is 12.5 Å². The van der Waals surface area contributed by atoms with Gasteiger partial charge in [-0.25, -0.2) is 0 Å². The van der Waals surface area contributed by atoms with E-state index >= 15 is 0 Å². The maximum atomic E-state index is 12.0. The number of carbonyl (C=O) groups is 1. The van der Waals surface area contributed by atoms with Crippen LogP contribution >= 0.6 is 11.6 Å². The fourth-order valence-corrected chi connectivity index (χ4v) is 2.30. The number of anilines is 1. The molecule has 2 rings (SSSR count). The molecule has 0 saturated carbocycles. The Morgan fingerprint density at radius 3 is 2.64 bits per heavy atom. The Morgan fingerprint density at radius 2 is 2.00 bits per heavy atom. The van der Waals surface area contributed by atoms with E-state index in [0.717, 1.165) is 5.56 Å². The zero-order chi connectivity index (χ0) is 15.9. The number of hydrogen-bond donors (Lipinski definition) is 1. The highest BCUT2D eigenvalue weighted by Gasteiger charge is 2.08. The molecular formula is C17H16ClN3O. The molecule has 5 heteroatoms. The van der Waals surface area contributed by atoms with Crippen molar-refractivity contribution in [3.05, 3.63) is 64.7 Å². The van der Waals surface area contributed by atoms with Gasteiger partial charge in [0.1, 0.15) is 6.07 Å². The largest absolute Gasteiger partial charge is 0.325 e. The number of halogens is 1. The van der Waals surface area contributed by atoms with Gasteiger partial charge in [0.15, 0.2) is 0 Å². The first-order chi connectivity index (χ1) is 10.6. The summed E-state index contributed by atoms with van der Waals surface area (Å²) in [6.45, 7) is 0.967. The standard InChI is InChI=1S/C17H16ClN3O/c1-21(11-13-5-3-2-4-6-13)12-17(22)20-15-8-7-14(10-19)16(18)9-15/h2-9H,11-12H2,1H3,(H,20,22). The summed E-state index contributed by atoms with van der Waals surface area (Å²) >= 11 is 5.94. The van der Waals surface area contributed by atoms with Crippen LogP contribution in [-0.4, -0.2) is 24.4 Å². The molecule has 0 heterocycles. The van der Waals surface area contributed by atoms with E-state index in [1.165, 1.54) is 0 Å². The topological polar surface area (TPSA) is 56.1 Å². The molecule has 0 aliphatic heterocycles. The molecule has 4 nitrogen and oxygen atoms in total. The van der Waals surface area contributed by atoms with Gasteiger partial charge < -0.3 is 5.32 Å². The van der Waals surface area contributed by atoms with Gasteiger partial charge in [0, 0.05) is 12.2 Å². The predicted octanol–water partition coefficient (Wildman–Crippen LogP) is 3.28. The molecule has 0 bridgehead atoms. The quantitative estimate of drug-likeness (QED) is 0.921. The minimum absolute atomic E-state index is 0.126. The maximum Gasteiger partial charge on any atom is 0.238 e. The summed E-state index contributed by atoms with van der Waals surface area (Å²) in [5.74, 6) is -0.126. The van der Waals surface area contributed by atoms with Crippen molar-refractivity contribution in [1.82, 2.24) is 4.90 Å². The van der Waals surface area contributed by atoms with Crippen molar-refractivity contribution in [2.45, 2.75) is 6.54 Å². The molecule has 0 aromatic heterocycles. The summed E-state index contributed by atoms with van der Waals surface area (Å²) in [5, 5.41) is 11.9. The summed E-state index contributed by atoms with van der Waals surface area (Å²) in [6.07, 6.45) is 0. The van der Waals surface area contributed by atoms with Crippen LogP contribution in [0.4, 0.5) is 5.69 Å². The maximum absolute atomic E-state index is 12.0. The van der Waals surface area contributed by atoms with Gasteiger partial charge in [-0.2, -0.15) is 5.26 Å². The molecule has 0 atom stereocenters. The number of nitrogens with one attached hydrogen (secondary N) is 1. The normalized spacial score (nSPS) is 10.3. The monoisotopic (exact) mass is 313 g/mol. The van der Waals surface area contributed by atoms with Crippen LogP contribution in [0, 0.1) is 11.3 Å². The molecule has 0 aliphatic carbocycles. The Hall–Kier alpha value is -2.35. The molecule has 0 fully saturated rings. The number of nitrogens with zero attached hydrogens (tertiary/aromatic N) is 2.